The molecule has 12 heavy (non-hydrogen) atoms. The number of nitrogens with zero attached hydrogens (tertiary/aromatic N) is 3. The summed E-state index contributed by atoms with van der Waals surface area (Å²) in [4.78, 5) is 8.16. The first-order valence-electron chi connectivity index (χ1n) is 3.60. The van der Waals surface area contributed by atoms with Crippen molar-refractivity contribution >= 4 is 16.9 Å². The number of imidazole rings is 1. The first-order chi connectivity index (χ1) is 5.95. The molecule has 0 N–H and O–H groups in total. The van der Waals surface area contributed by atoms with E-state index in [2.05, 4.69) is 9.97 Å². The van der Waals surface area contributed by atoms with Crippen LogP contribution in [-0.4, -0.2) is 14.4 Å². The SMILES string of the molecule is c1cn2c(ccc3ncoc32)n1. The molecular weight excluding hydrogens is 154 g/mol. The second-order valence-corrected chi connectivity index (χ2v) is 2.53. The van der Waals surface area contributed by atoms with Crippen molar-refractivity contribution in [2.75, 3.05) is 0 Å². The van der Waals surface area contributed by atoms with Crippen molar-refractivity contribution in [3.63, 3.8) is 0 Å². The van der Waals surface area contributed by atoms with E-state index in [4.69, 9.17) is 4.42 Å². The van der Waals surface area contributed by atoms with Crippen molar-refractivity contribution in [3.05, 3.63) is 30.9 Å². The smallest absolute Gasteiger partial charge is 0.233 e. The summed E-state index contributed by atoms with van der Waals surface area (Å²) in [5.41, 5.74) is 2.46. The van der Waals surface area contributed by atoms with Crippen molar-refractivity contribution in [3.8, 4) is 0 Å². The Labute approximate surface area is 67.5 Å². The highest BCUT2D eigenvalue weighted by Gasteiger charge is 2.02. The van der Waals surface area contributed by atoms with E-state index < -0.39 is 0 Å². The van der Waals surface area contributed by atoms with E-state index in [-0.39, 0.29) is 0 Å². The molecule has 58 valence electrons. The standard InChI is InChI=1S/C8H5N3O/c1-2-7-9-3-4-11(7)8-6(1)10-5-12-8/h1-5H. The van der Waals surface area contributed by atoms with E-state index in [0.717, 1.165) is 16.9 Å². The highest BCUT2D eigenvalue weighted by atomic mass is 16.3. The molecule has 0 aliphatic heterocycles. The summed E-state index contributed by atoms with van der Waals surface area (Å²) >= 11 is 0. The molecule has 0 amide bonds. The van der Waals surface area contributed by atoms with Gasteiger partial charge in [-0.2, -0.15) is 0 Å². The summed E-state index contributed by atoms with van der Waals surface area (Å²) in [6.45, 7) is 0. The van der Waals surface area contributed by atoms with Gasteiger partial charge in [0.1, 0.15) is 11.2 Å². The van der Waals surface area contributed by atoms with E-state index >= 15 is 0 Å². The van der Waals surface area contributed by atoms with Gasteiger partial charge in [0.15, 0.2) is 6.39 Å². The predicted octanol–water partition coefficient (Wildman–Crippen LogP) is 1.48. The van der Waals surface area contributed by atoms with Gasteiger partial charge >= 0.3 is 0 Å². The summed E-state index contributed by atoms with van der Waals surface area (Å²) in [5.74, 6) is 0. The summed E-state index contributed by atoms with van der Waals surface area (Å²) < 4.78 is 7.06. The molecule has 4 nitrogen and oxygen atoms in total. The molecule has 0 spiro atoms. The predicted molar refractivity (Wildman–Crippen MR) is 42.8 cm³/mol. The maximum absolute atomic E-state index is 5.20. The Bertz CT molecular complexity index is 487. The first-order valence-corrected chi connectivity index (χ1v) is 3.60. The van der Waals surface area contributed by atoms with Gasteiger partial charge in [0.25, 0.3) is 0 Å². The molecular formula is C8H5N3O. The number of oxazole rings is 1. The minimum atomic E-state index is 0.741. The summed E-state index contributed by atoms with van der Waals surface area (Å²) in [6.07, 6.45) is 5.02. The zero-order valence-corrected chi connectivity index (χ0v) is 6.14. The molecule has 4 heteroatoms. The van der Waals surface area contributed by atoms with Gasteiger partial charge in [-0.15, -0.1) is 0 Å². The Kier molecular flexibility index (Phi) is 0.889. The maximum atomic E-state index is 5.20. The van der Waals surface area contributed by atoms with Gasteiger partial charge in [-0.3, -0.25) is 4.40 Å². The van der Waals surface area contributed by atoms with Gasteiger partial charge < -0.3 is 4.42 Å². The normalized spacial score (nSPS) is 11.3. The number of pyridine rings is 1. The number of aromatic nitrogens is 3. The largest absolute Gasteiger partial charge is 0.426 e. The third-order valence-corrected chi connectivity index (χ3v) is 1.85. The summed E-state index contributed by atoms with van der Waals surface area (Å²) in [5, 5.41) is 0. The summed E-state index contributed by atoms with van der Waals surface area (Å²) in [7, 11) is 0. The maximum Gasteiger partial charge on any atom is 0.233 e. The topological polar surface area (TPSA) is 43.3 Å². The Hall–Kier alpha value is -1.84. The van der Waals surface area contributed by atoms with Crippen LogP contribution in [0.4, 0.5) is 0 Å². The van der Waals surface area contributed by atoms with Gasteiger partial charge in [0.05, 0.1) is 0 Å². The fourth-order valence-corrected chi connectivity index (χ4v) is 1.31. The van der Waals surface area contributed by atoms with Crippen LogP contribution in [0.25, 0.3) is 16.9 Å². The molecule has 3 heterocycles. The van der Waals surface area contributed by atoms with Crippen LogP contribution in [0.3, 0.4) is 0 Å². The molecule has 3 aromatic rings. The molecule has 0 unspecified atom stereocenters. The van der Waals surface area contributed by atoms with Gasteiger partial charge in [0, 0.05) is 12.4 Å². The molecule has 0 bridgehead atoms. The third-order valence-electron chi connectivity index (χ3n) is 1.85. The van der Waals surface area contributed by atoms with E-state index in [1.807, 2.05) is 22.7 Å². The van der Waals surface area contributed by atoms with Gasteiger partial charge in [0.2, 0.25) is 5.71 Å². The molecule has 0 aliphatic rings. The zero-order valence-electron chi connectivity index (χ0n) is 6.14. The molecule has 3 rings (SSSR count). The lowest BCUT2D eigenvalue weighted by Gasteiger charge is -1.91. The Morgan fingerprint density at radius 2 is 2.25 bits per heavy atom. The minimum absolute atomic E-state index is 0.741. The second kappa shape index (κ2) is 1.85. The average Bonchev–Trinajstić information content (AvgIpc) is 2.71. The number of fused-ring (bicyclic) bond motifs is 3. The third kappa shape index (κ3) is 0.567. The van der Waals surface area contributed by atoms with Crippen LogP contribution in [0.1, 0.15) is 0 Å². The van der Waals surface area contributed by atoms with Crippen LogP contribution in [0, 0.1) is 0 Å². The van der Waals surface area contributed by atoms with Crippen molar-refractivity contribution in [2.45, 2.75) is 0 Å². The monoisotopic (exact) mass is 159 g/mol. The Balaban J connectivity index is 2.71. The van der Waals surface area contributed by atoms with E-state index in [1.165, 1.54) is 6.39 Å². The van der Waals surface area contributed by atoms with Crippen LogP contribution in [0.15, 0.2) is 35.3 Å². The fraction of sp³-hybridized carbons (Fsp3) is 0. The average molecular weight is 159 g/mol. The van der Waals surface area contributed by atoms with Crippen LogP contribution in [0.5, 0.6) is 0 Å². The highest BCUT2D eigenvalue weighted by Crippen LogP contribution is 2.13. The van der Waals surface area contributed by atoms with Gasteiger partial charge in [-0.1, -0.05) is 0 Å². The minimum Gasteiger partial charge on any atom is -0.426 e. The van der Waals surface area contributed by atoms with Crippen molar-refractivity contribution in [1.29, 1.82) is 0 Å². The van der Waals surface area contributed by atoms with E-state index in [9.17, 15) is 0 Å². The van der Waals surface area contributed by atoms with Gasteiger partial charge in [-0.05, 0) is 12.1 Å². The second-order valence-electron chi connectivity index (χ2n) is 2.53. The first kappa shape index (κ1) is 5.77. The van der Waals surface area contributed by atoms with Crippen molar-refractivity contribution < 1.29 is 4.42 Å². The van der Waals surface area contributed by atoms with Crippen LogP contribution < -0.4 is 0 Å². The van der Waals surface area contributed by atoms with Gasteiger partial charge in [-0.25, -0.2) is 9.97 Å². The number of hydrogen-bond donors (Lipinski definition) is 0. The highest BCUT2D eigenvalue weighted by molar-refractivity contribution is 5.72. The summed E-state index contributed by atoms with van der Waals surface area (Å²) in [6, 6.07) is 3.80. The quantitative estimate of drug-likeness (QED) is 0.499. The van der Waals surface area contributed by atoms with Crippen LogP contribution >= 0.6 is 0 Å². The van der Waals surface area contributed by atoms with E-state index in [0.29, 0.717) is 0 Å². The van der Waals surface area contributed by atoms with Crippen molar-refractivity contribution in [2.24, 2.45) is 0 Å². The van der Waals surface area contributed by atoms with Crippen molar-refractivity contribution in [1.82, 2.24) is 14.4 Å². The fourth-order valence-electron chi connectivity index (χ4n) is 1.31. The molecule has 0 saturated carbocycles. The molecule has 0 aromatic carbocycles. The molecule has 0 fully saturated rings. The lowest BCUT2D eigenvalue weighted by Crippen LogP contribution is -1.82. The molecule has 0 radical (unpaired) electrons. The van der Waals surface area contributed by atoms with E-state index in [1.54, 1.807) is 6.20 Å². The lowest BCUT2D eigenvalue weighted by atomic mass is 10.4. The molecule has 0 aliphatic carbocycles. The molecule has 0 atom stereocenters. The Morgan fingerprint density at radius 3 is 3.25 bits per heavy atom. The number of rotatable bonds is 0. The zero-order chi connectivity index (χ0) is 7.97. The molecule has 0 saturated heterocycles. The van der Waals surface area contributed by atoms with Crippen LogP contribution in [-0.2, 0) is 0 Å². The lowest BCUT2D eigenvalue weighted by molar-refractivity contribution is 0.586. The van der Waals surface area contributed by atoms with Crippen LogP contribution in [0.2, 0.25) is 0 Å². The molecule has 3 aromatic heterocycles. The Morgan fingerprint density at radius 1 is 1.25 bits per heavy atom. The number of hydrogen-bond acceptors (Lipinski definition) is 3.